The van der Waals surface area contributed by atoms with Crippen molar-refractivity contribution < 1.29 is 4.79 Å². The zero-order valence-electron chi connectivity index (χ0n) is 8.57. The predicted octanol–water partition coefficient (Wildman–Crippen LogP) is 2.92. The number of pyridine rings is 1. The first-order valence-corrected chi connectivity index (χ1v) is 5.14. The Morgan fingerprint density at radius 1 is 1.47 bits per heavy atom. The Labute approximate surface area is 92.7 Å². The minimum atomic E-state index is 0.270. The lowest BCUT2D eigenvalue weighted by Gasteiger charge is -2.03. The van der Waals surface area contributed by atoms with Crippen molar-refractivity contribution in [2.45, 2.75) is 19.8 Å². The summed E-state index contributed by atoms with van der Waals surface area (Å²) in [4.78, 5) is 14.9. The van der Waals surface area contributed by atoms with E-state index in [9.17, 15) is 4.79 Å². The minimum absolute atomic E-state index is 0.270. The highest BCUT2D eigenvalue weighted by Crippen LogP contribution is 2.23. The molecule has 0 spiro atoms. The third kappa shape index (κ3) is 1.63. The zero-order chi connectivity index (χ0) is 11.0. The van der Waals surface area contributed by atoms with Crippen LogP contribution in [0.5, 0.6) is 0 Å². The van der Waals surface area contributed by atoms with Crippen LogP contribution >= 0.6 is 11.6 Å². The number of carbonyl (C=O) groups excluding carboxylic acids is 1. The van der Waals surface area contributed by atoms with Crippen molar-refractivity contribution in [3.05, 3.63) is 34.9 Å². The molecule has 2 aromatic heterocycles. The van der Waals surface area contributed by atoms with E-state index in [1.807, 2.05) is 24.3 Å². The molecule has 0 atom stereocenters. The molecule has 0 saturated heterocycles. The molecule has 15 heavy (non-hydrogen) atoms. The van der Waals surface area contributed by atoms with Crippen LogP contribution in [0.25, 0.3) is 5.52 Å². The van der Waals surface area contributed by atoms with E-state index >= 15 is 0 Å². The second-order valence-corrected chi connectivity index (χ2v) is 4.11. The first kappa shape index (κ1) is 10.2. The first-order chi connectivity index (χ1) is 7.13. The zero-order valence-corrected chi connectivity index (χ0v) is 9.32. The normalized spacial score (nSPS) is 11.2. The Kier molecular flexibility index (Phi) is 2.49. The Morgan fingerprint density at radius 2 is 2.20 bits per heavy atom. The number of carbonyl (C=O) groups is 1. The summed E-state index contributed by atoms with van der Waals surface area (Å²) >= 11 is 6.00. The van der Waals surface area contributed by atoms with Crippen LogP contribution < -0.4 is 0 Å². The molecule has 0 aromatic carbocycles. The number of halogens is 1. The lowest BCUT2D eigenvalue weighted by atomic mass is 10.2. The second kappa shape index (κ2) is 3.66. The summed E-state index contributed by atoms with van der Waals surface area (Å²) in [6.07, 6.45) is 2.58. The summed E-state index contributed by atoms with van der Waals surface area (Å²) in [6, 6.07) is 3.55. The van der Waals surface area contributed by atoms with Gasteiger partial charge in [0, 0.05) is 17.7 Å². The van der Waals surface area contributed by atoms with Crippen LogP contribution in [-0.4, -0.2) is 15.7 Å². The van der Waals surface area contributed by atoms with E-state index < -0.39 is 0 Å². The molecule has 0 amide bonds. The van der Waals surface area contributed by atoms with E-state index in [2.05, 4.69) is 4.98 Å². The second-order valence-electron chi connectivity index (χ2n) is 3.75. The number of nitrogens with zero attached hydrogens (tertiary/aromatic N) is 2. The number of aromatic nitrogens is 2. The fourth-order valence-electron chi connectivity index (χ4n) is 1.56. The smallest absolute Gasteiger partial charge is 0.155 e. The van der Waals surface area contributed by atoms with Crippen LogP contribution in [0.1, 0.15) is 35.9 Å². The van der Waals surface area contributed by atoms with Gasteiger partial charge in [-0.15, -0.1) is 0 Å². The third-order valence-electron chi connectivity index (χ3n) is 2.29. The van der Waals surface area contributed by atoms with Gasteiger partial charge in [0.2, 0.25) is 0 Å². The molecule has 0 aliphatic carbocycles. The van der Waals surface area contributed by atoms with Crippen molar-refractivity contribution in [2.24, 2.45) is 0 Å². The van der Waals surface area contributed by atoms with E-state index in [1.165, 1.54) is 0 Å². The van der Waals surface area contributed by atoms with Gasteiger partial charge in [0.05, 0.1) is 5.52 Å². The molecule has 3 nitrogen and oxygen atoms in total. The Bertz CT molecular complexity index is 517. The average Bonchev–Trinajstić information content (AvgIpc) is 2.56. The molecular formula is C11H11ClN2O. The highest BCUT2D eigenvalue weighted by atomic mass is 35.5. The van der Waals surface area contributed by atoms with Crippen molar-refractivity contribution >= 4 is 23.4 Å². The molecule has 0 radical (unpaired) electrons. The fraction of sp³-hybridized carbons (Fsp3) is 0.273. The molecular weight excluding hydrogens is 212 g/mol. The summed E-state index contributed by atoms with van der Waals surface area (Å²) in [6.45, 7) is 4.08. The van der Waals surface area contributed by atoms with Crippen LogP contribution in [0, 0.1) is 0 Å². The number of aldehydes is 1. The predicted molar refractivity (Wildman–Crippen MR) is 59.7 cm³/mol. The van der Waals surface area contributed by atoms with E-state index in [0.29, 0.717) is 10.7 Å². The van der Waals surface area contributed by atoms with Crippen LogP contribution in [0.15, 0.2) is 18.3 Å². The van der Waals surface area contributed by atoms with Crippen molar-refractivity contribution in [3.63, 3.8) is 0 Å². The molecule has 0 fully saturated rings. The Morgan fingerprint density at radius 3 is 2.80 bits per heavy atom. The molecule has 2 aromatic rings. The van der Waals surface area contributed by atoms with Crippen LogP contribution in [0.2, 0.25) is 5.15 Å². The summed E-state index contributed by atoms with van der Waals surface area (Å²) in [7, 11) is 0. The number of imidazole rings is 1. The van der Waals surface area contributed by atoms with Gasteiger partial charge in [0.25, 0.3) is 0 Å². The Balaban J connectivity index is 2.77. The standard InChI is InChI=1S/C11H11ClN2O/c1-7(2)11-13-10(12)9-4-3-8(6-15)5-14(9)11/h3-7H,1-2H3. The van der Waals surface area contributed by atoms with Crippen LogP contribution in [0.4, 0.5) is 0 Å². The van der Waals surface area contributed by atoms with Crippen LogP contribution in [0.3, 0.4) is 0 Å². The highest BCUT2D eigenvalue weighted by Gasteiger charge is 2.12. The molecule has 0 unspecified atom stereocenters. The molecule has 78 valence electrons. The monoisotopic (exact) mass is 222 g/mol. The largest absolute Gasteiger partial charge is 0.301 e. The number of hydrogen-bond acceptors (Lipinski definition) is 2. The Hall–Kier alpha value is -1.35. The van der Waals surface area contributed by atoms with Gasteiger partial charge in [0.15, 0.2) is 11.4 Å². The highest BCUT2D eigenvalue weighted by molar-refractivity contribution is 6.32. The SMILES string of the molecule is CC(C)c1nc(Cl)c2ccc(C=O)cn12. The van der Waals surface area contributed by atoms with Crippen molar-refractivity contribution in [3.8, 4) is 0 Å². The molecule has 0 aliphatic heterocycles. The van der Waals surface area contributed by atoms with Gasteiger partial charge in [-0.05, 0) is 12.1 Å². The van der Waals surface area contributed by atoms with Crippen molar-refractivity contribution in [2.75, 3.05) is 0 Å². The summed E-state index contributed by atoms with van der Waals surface area (Å²) in [5.41, 5.74) is 1.46. The number of rotatable bonds is 2. The molecule has 0 aliphatic rings. The maximum atomic E-state index is 10.7. The molecule has 0 N–H and O–H groups in total. The lowest BCUT2D eigenvalue weighted by Crippen LogP contribution is -1.97. The maximum Gasteiger partial charge on any atom is 0.155 e. The van der Waals surface area contributed by atoms with Gasteiger partial charge in [0.1, 0.15) is 5.82 Å². The quantitative estimate of drug-likeness (QED) is 0.733. The van der Waals surface area contributed by atoms with Crippen molar-refractivity contribution in [1.29, 1.82) is 0 Å². The fourth-order valence-corrected chi connectivity index (χ4v) is 1.80. The molecule has 0 saturated carbocycles. The third-order valence-corrected chi connectivity index (χ3v) is 2.57. The van der Waals surface area contributed by atoms with Gasteiger partial charge in [-0.3, -0.25) is 4.79 Å². The van der Waals surface area contributed by atoms with Gasteiger partial charge in [-0.25, -0.2) is 4.98 Å². The van der Waals surface area contributed by atoms with E-state index in [-0.39, 0.29) is 5.92 Å². The van der Waals surface area contributed by atoms with Crippen molar-refractivity contribution in [1.82, 2.24) is 9.38 Å². The van der Waals surface area contributed by atoms with Gasteiger partial charge in [-0.2, -0.15) is 0 Å². The molecule has 2 heterocycles. The maximum absolute atomic E-state index is 10.7. The molecule has 4 heteroatoms. The van der Waals surface area contributed by atoms with Gasteiger partial charge in [-0.1, -0.05) is 25.4 Å². The molecule has 0 bridgehead atoms. The minimum Gasteiger partial charge on any atom is -0.301 e. The van der Waals surface area contributed by atoms with Crippen LogP contribution in [-0.2, 0) is 0 Å². The summed E-state index contributed by atoms with van der Waals surface area (Å²) in [5.74, 6) is 1.14. The van der Waals surface area contributed by atoms with Gasteiger partial charge < -0.3 is 4.40 Å². The summed E-state index contributed by atoms with van der Waals surface area (Å²) in [5, 5.41) is 0.483. The topological polar surface area (TPSA) is 34.4 Å². The van der Waals surface area contributed by atoms with Gasteiger partial charge >= 0.3 is 0 Å². The van der Waals surface area contributed by atoms with E-state index in [4.69, 9.17) is 11.6 Å². The number of hydrogen-bond donors (Lipinski definition) is 0. The first-order valence-electron chi connectivity index (χ1n) is 4.76. The number of fused-ring (bicyclic) bond motifs is 1. The molecule has 2 rings (SSSR count). The lowest BCUT2D eigenvalue weighted by molar-refractivity contribution is 0.112. The summed E-state index contributed by atoms with van der Waals surface area (Å²) < 4.78 is 1.87. The van der Waals surface area contributed by atoms with E-state index in [0.717, 1.165) is 17.6 Å². The average molecular weight is 223 g/mol. The van der Waals surface area contributed by atoms with E-state index in [1.54, 1.807) is 12.3 Å².